The molecule has 0 saturated carbocycles. The topological polar surface area (TPSA) is 46.5 Å². The molecule has 0 aliphatic rings. The Morgan fingerprint density at radius 1 is 1.14 bits per heavy atom. The van der Waals surface area contributed by atoms with Crippen LogP contribution >= 0.6 is 0 Å². The Morgan fingerprint density at radius 3 is 2.43 bits per heavy atom. The van der Waals surface area contributed by atoms with Gasteiger partial charge < -0.3 is 9.84 Å². The molecule has 0 amide bonds. The Kier molecular flexibility index (Phi) is 4.90. The van der Waals surface area contributed by atoms with Crippen molar-refractivity contribution in [2.75, 3.05) is 6.61 Å². The van der Waals surface area contributed by atoms with Crippen molar-refractivity contribution in [3.05, 3.63) is 72.3 Å². The van der Waals surface area contributed by atoms with Crippen LogP contribution < -0.4 is 0 Å². The van der Waals surface area contributed by atoms with Crippen LogP contribution in [-0.4, -0.2) is 17.7 Å². The number of aliphatic hydroxyl groups excluding tert-OH is 1. The van der Waals surface area contributed by atoms with Crippen LogP contribution in [0.4, 0.5) is 0 Å². The predicted molar refractivity (Wildman–Crippen MR) is 82.6 cm³/mol. The van der Waals surface area contributed by atoms with E-state index in [0.717, 1.165) is 16.7 Å². The summed E-state index contributed by atoms with van der Waals surface area (Å²) in [6, 6.07) is 17.3. The first-order valence-electron chi connectivity index (χ1n) is 6.74. The molecule has 0 aromatic heterocycles. The van der Waals surface area contributed by atoms with Gasteiger partial charge >= 0.3 is 5.97 Å². The number of carbonyl (C=O) groups excluding carboxylic acids is 1. The first kappa shape index (κ1) is 15.0. The molecule has 1 atom stereocenters. The fourth-order valence-corrected chi connectivity index (χ4v) is 2.04. The minimum atomic E-state index is -0.871. The molecule has 0 spiro atoms. The van der Waals surface area contributed by atoms with E-state index in [0.29, 0.717) is 5.57 Å². The van der Waals surface area contributed by atoms with Gasteiger partial charge in [-0.25, -0.2) is 4.79 Å². The van der Waals surface area contributed by atoms with Crippen molar-refractivity contribution >= 4 is 5.97 Å². The van der Waals surface area contributed by atoms with Crippen molar-refractivity contribution in [3.63, 3.8) is 0 Å². The van der Waals surface area contributed by atoms with Gasteiger partial charge in [-0.2, -0.15) is 0 Å². The molecule has 0 radical (unpaired) electrons. The molecular formula is C18H18O3. The third-order valence-corrected chi connectivity index (χ3v) is 3.13. The highest BCUT2D eigenvalue weighted by molar-refractivity contribution is 5.86. The maximum Gasteiger partial charge on any atom is 0.333 e. The summed E-state index contributed by atoms with van der Waals surface area (Å²) >= 11 is 0. The molecule has 2 aromatic carbocycles. The van der Waals surface area contributed by atoms with E-state index in [1.54, 1.807) is 6.92 Å². The maximum absolute atomic E-state index is 11.4. The Morgan fingerprint density at radius 2 is 1.76 bits per heavy atom. The smallest absolute Gasteiger partial charge is 0.333 e. The maximum atomic E-state index is 11.4. The van der Waals surface area contributed by atoms with Crippen LogP contribution in [0.5, 0.6) is 0 Å². The number of benzene rings is 2. The average Bonchev–Trinajstić information content (AvgIpc) is 2.53. The quantitative estimate of drug-likeness (QED) is 0.674. The van der Waals surface area contributed by atoms with Gasteiger partial charge in [-0.1, -0.05) is 61.2 Å². The summed E-state index contributed by atoms with van der Waals surface area (Å²) in [4.78, 5) is 11.4. The highest BCUT2D eigenvalue weighted by atomic mass is 16.5. The molecule has 1 unspecified atom stereocenters. The van der Waals surface area contributed by atoms with E-state index in [-0.39, 0.29) is 6.61 Å². The van der Waals surface area contributed by atoms with Crippen molar-refractivity contribution in [2.24, 2.45) is 0 Å². The van der Waals surface area contributed by atoms with E-state index in [1.165, 1.54) is 0 Å². The average molecular weight is 282 g/mol. The second kappa shape index (κ2) is 6.86. The number of hydrogen-bond acceptors (Lipinski definition) is 3. The minimum absolute atomic E-state index is 0.0878. The van der Waals surface area contributed by atoms with Crippen LogP contribution in [-0.2, 0) is 9.53 Å². The van der Waals surface area contributed by atoms with Gasteiger partial charge in [0.2, 0.25) is 0 Å². The molecule has 0 fully saturated rings. The van der Waals surface area contributed by atoms with E-state index in [2.05, 4.69) is 6.58 Å². The third kappa shape index (κ3) is 3.80. The number of carbonyl (C=O) groups is 1. The number of esters is 1. The standard InChI is InChI=1S/C18H18O3/c1-13(2)18(20)21-12-17(19)16-11-7-6-10-15(16)14-8-4-3-5-9-14/h3-11,17,19H,1,12H2,2H3. The third-order valence-electron chi connectivity index (χ3n) is 3.13. The summed E-state index contributed by atoms with van der Waals surface area (Å²) in [5.41, 5.74) is 2.99. The monoisotopic (exact) mass is 282 g/mol. The van der Waals surface area contributed by atoms with Gasteiger partial charge in [0.15, 0.2) is 0 Å². The molecular weight excluding hydrogens is 264 g/mol. The normalized spacial score (nSPS) is 11.7. The van der Waals surface area contributed by atoms with Gasteiger partial charge in [-0.3, -0.25) is 0 Å². The Labute approximate surface area is 124 Å². The molecule has 0 aliphatic carbocycles. The lowest BCUT2D eigenvalue weighted by atomic mass is 9.96. The van der Waals surface area contributed by atoms with Crippen molar-refractivity contribution < 1.29 is 14.6 Å². The summed E-state index contributed by atoms with van der Waals surface area (Å²) in [7, 11) is 0. The zero-order valence-corrected chi connectivity index (χ0v) is 12.0. The molecule has 3 nitrogen and oxygen atoms in total. The highest BCUT2D eigenvalue weighted by Crippen LogP contribution is 2.28. The lowest BCUT2D eigenvalue weighted by Gasteiger charge is -2.16. The highest BCUT2D eigenvalue weighted by Gasteiger charge is 2.15. The lowest BCUT2D eigenvalue weighted by Crippen LogP contribution is -2.13. The Balaban J connectivity index is 2.20. The van der Waals surface area contributed by atoms with Gasteiger partial charge in [0.25, 0.3) is 0 Å². The molecule has 3 heteroatoms. The van der Waals surface area contributed by atoms with Crippen LogP contribution in [0, 0.1) is 0 Å². The largest absolute Gasteiger partial charge is 0.459 e. The van der Waals surface area contributed by atoms with Gasteiger partial charge in [-0.05, 0) is 23.6 Å². The number of aliphatic hydroxyl groups is 1. The van der Waals surface area contributed by atoms with Crippen molar-refractivity contribution in [3.8, 4) is 11.1 Å². The van der Waals surface area contributed by atoms with E-state index in [4.69, 9.17) is 4.74 Å². The number of rotatable bonds is 5. The Hall–Kier alpha value is -2.39. The number of ether oxygens (including phenoxy) is 1. The predicted octanol–water partition coefficient (Wildman–Crippen LogP) is 3.51. The van der Waals surface area contributed by atoms with Crippen LogP contribution in [0.3, 0.4) is 0 Å². The van der Waals surface area contributed by atoms with Crippen LogP contribution in [0.1, 0.15) is 18.6 Å². The molecule has 0 bridgehead atoms. The van der Waals surface area contributed by atoms with Gasteiger partial charge in [0, 0.05) is 5.57 Å². The lowest BCUT2D eigenvalue weighted by molar-refractivity contribution is -0.141. The summed E-state index contributed by atoms with van der Waals surface area (Å²) in [6.07, 6.45) is -0.871. The molecule has 2 aromatic rings. The number of hydrogen-bond donors (Lipinski definition) is 1. The molecule has 1 N–H and O–H groups in total. The SMILES string of the molecule is C=C(C)C(=O)OCC(O)c1ccccc1-c1ccccc1. The van der Waals surface area contributed by atoms with Crippen LogP contribution in [0.2, 0.25) is 0 Å². The fraction of sp³-hybridized carbons (Fsp3) is 0.167. The first-order chi connectivity index (χ1) is 10.1. The fourth-order valence-electron chi connectivity index (χ4n) is 2.04. The second-order valence-corrected chi connectivity index (χ2v) is 4.85. The first-order valence-corrected chi connectivity index (χ1v) is 6.74. The summed E-state index contributed by atoms with van der Waals surface area (Å²) in [5, 5.41) is 10.3. The van der Waals surface area contributed by atoms with E-state index >= 15 is 0 Å². The zero-order chi connectivity index (χ0) is 15.2. The Bertz CT molecular complexity index is 632. The summed E-state index contributed by atoms with van der Waals surface area (Å²) in [5.74, 6) is -0.494. The van der Waals surface area contributed by atoms with E-state index in [1.807, 2.05) is 54.6 Å². The van der Waals surface area contributed by atoms with Gasteiger partial charge in [0.05, 0.1) is 0 Å². The van der Waals surface area contributed by atoms with Crippen LogP contribution in [0.25, 0.3) is 11.1 Å². The molecule has 0 heterocycles. The molecule has 0 aliphatic heterocycles. The second-order valence-electron chi connectivity index (χ2n) is 4.85. The molecule has 0 saturated heterocycles. The summed E-state index contributed by atoms with van der Waals surface area (Å²) in [6.45, 7) is 5.00. The van der Waals surface area contributed by atoms with E-state index < -0.39 is 12.1 Å². The zero-order valence-electron chi connectivity index (χ0n) is 12.0. The molecule has 2 rings (SSSR count). The molecule has 108 valence electrons. The molecule has 21 heavy (non-hydrogen) atoms. The van der Waals surface area contributed by atoms with Crippen molar-refractivity contribution in [1.82, 2.24) is 0 Å². The minimum Gasteiger partial charge on any atom is -0.459 e. The summed E-state index contributed by atoms with van der Waals surface area (Å²) < 4.78 is 5.02. The van der Waals surface area contributed by atoms with Gasteiger partial charge in [-0.15, -0.1) is 0 Å². The van der Waals surface area contributed by atoms with Gasteiger partial charge in [0.1, 0.15) is 12.7 Å². The van der Waals surface area contributed by atoms with Crippen LogP contribution in [0.15, 0.2) is 66.7 Å². The van der Waals surface area contributed by atoms with Crippen molar-refractivity contribution in [1.29, 1.82) is 0 Å². The van der Waals surface area contributed by atoms with E-state index in [9.17, 15) is 9.90 Å². The van der Waals surface area contributed by atoms with Crippen molar-refractivity contribution in [2.45, 2.75) is 13.0 Å².